The molecule has 2 aromatic carbocycles. The van der Waals surface area contributed by atoms with Gasteiger partial charge in [-0.05, 0) is 41.0 Å². The van der Waals surface area contributed by atoms with Crippen molar-refractivity contribution in [2.45, 2.75) is 23.1 Å². The zero-order chi connectivity index (χ0) is 22.7. The first-order valence-corrected chi connectivity index (χ1v) is 12.2. The van der Waals surface area contributed by atoms with E-state index in [1.54, 1.807) is 18.4 Å². The smallest absolute Gasteiger partial charge is 0.239 e. The third-order valence-corrected chi connectivity index (χ3v) is 6.91. The minimum Gasteiger partial charge on any atom is -0.612 e. The van der Waals surface area contributed by atoms with Crippen molar-refractivity contribution in [3.8, 4) is 11.5 Å². The average Bonchev–Trinajstić information content (AvgIpc) is 2.80. The lowest BCUT2D eigenvalue weighted by atomic mass is 10.0. The molecule has 2 heterocycles. The average molecular weight is 460 g/mol. The van der Waals surface area contributed by atoms with Gasteiger partial charge in [-0.25, -0.2) is 0 Å². The number of benzene rings is 2. The van der Waals surface area contributed by atoms with E-state index in [4.69, 9.17) is 15.2 Å². The molecule has 0 saturated carbocycles. The number of para-hydroxylation sites is 2. The summed E-state index contributed by atoms with van der Waals surface area (Å²) in [5.74, 6) is 0.936. The molecule has 9 heteroatoms. The van der Waals surface area contributed by atoms with Gasteiger partial charge in [0, 0.05) is 32.7 Å². The monoisotopic (exact) mass is 459 g/mol. The molecule has 2 aromatic rings. The van der Waals surface area contributed by atoms with Crippen molar-refractivity contribution >= 4 is 17.1 Å². The van der Waals surface area contributed by atoms with Crippen LogP contribution in [0.5, 0.6) is 11.5 Å². The van der Waals surface area contributed by atoms with Gasteiger partial charge in [-0.1, -0.05) is 24.3 Å². The van der Waals surface area contributed by atoms with Crippen LogP contribution >= 0.6 is 0 Å². The van der Waals surface area contributed by atoms with Crippen molar-refractivity contribution in [3.05, 3.63) is 54.1 Å². The minimum atomic E-state index is -1.07. The molecule has 2 aliphatic heterocycles. The zero-order valence-electron chi connectivity index (χ0n) is 18.1. The van der Waals surface area contributed by atoms with Gasteiger partial charge in [0.15, 0.2) is 22.5 Å². The fraction of sp³-hybridized carbons (Fsp3) is 0.435. The predicted octanol–water partition coefficient (Wildman–Crippen LogP) is 0.769. The van der Waals surface area contributed by atoms with Crippen LogP contribution in [-0.4, -0.2) is 83.2 Å². The highest BCUT2D eigenvalue weighted by Crippen LogP contribution is 2.32. The summed E-state index contributed by atoms with van der Waals surface area (Å²) in [5, 5.41) is 10.7. The van der Waals surface area contributed by atoms with Gasteiger partial charge in [0.25, 0.3) is 0 Å². The lowest BCUT2D eigenvalue weighted by molar-refractivity contribution is -0.124. The van der Waals surface area contributed by atoms with Crippen LogP contribution in [0.3, 0.4) is 0 Å². The van der Waals surface area contributed by atoms with Crippen molar-refractivity contribution < 1.29 is 23.9 Å². The van der Waals surface area contributed by atoms with E-state index in [0.717, 1.165) is 5.56 Å². The number of hydrogen-bond donors (Lipinski definition) is 2. The highest BCUT2D eigenvalue weighted by molar-refractivity contribution is 7.90. The van der Waals surface area contributed by atoms with Crippen LogP contribution in [0, 0.1) is 0 Å². The first-order chi connectivity index (χ1) is 15.4. The molecule has 172 valence electrons. The lowest BCUT2D eigenvalue weighted by Gasteiger charge is -2.39. The molecule has 2 aliphatic rings. The number of ether oxygens (including phenoxy) is 2. The van der Waals surface area contributed by atoms with E-state index in [2.05, 4.69) is 9.80 Å². The fourth-order valence-corrected chi connectivity index (χ4v) is 4.73. The number of carbonyl (C=O) groups is 1. The van der Waals surface area contributed by atoms with Crippen LogP contribution in [0.2, 0.25) is 0 Å². The van der Waals surface area contributed by atoms with Gasteiger partial charge in [-0.15, -0.1) is 0 Å². The highest BCUT2D eigenvalue weighted by atomic mass is 32.2. The van der Waals surface area contributed by atoms with Crippen molar-refractivity contribution in [1.82, 2.24) is 9.80 Å². The number of fused-ring (bicyclic) bond motifs is 1. The molecule has 1 saturated heterocycles. The van der Waals surface area contributed by atoms with Gasteiger partial charge in [0.1, 0.15) is 25.0 Å². The standard InChI is InChI=1S/C23H29N3O5S/c1-32(29)17-8-6-16(7-9-17)22(23(24)28)26-12-10-25(11-13-26)14-18(27)21-15-30-19-4-2-3-5-20(19)31-21/h2-9,18,21-22,27H,10-15H2,1H3,(H2,24,28). The summed E-state index contributed by atoms with van der Waals surface area (Å²) < 4.78 is 23.3. The molecule has 0 aliphatic carbocycles. The molecule has 0 aromatic heterocycles. The van der Waals surface area contributed by atoms with Gasteiger partial charge in [-0.2, -0.15) is 0 Å². The number of hydrogen-bond acceptors (Lipinski definition) is 7. The number of β-amino-alcohol motifs (C(OH)–C–C–N with tert-alkyl or cyclic N) is 1. The number of aliphatic hydroxyl groups excluding tert-OH is 1. The van der Waals surface area contributed by atoms with Crippen molar-refractivity contribution in [1.29, 1.82) is 0 Å². The first kappa shape index (κ1) is 22.9. The molecule has 4 atom stereocenters. The molecule has 4 rings (SSSR count). The number of aliphatic hydroxyl groups is 1. The van der Waals surface area contributed by atoms with E-state index in [-0.39, 0.29) is 0 Å². The molecule has 4 unspecified atom stereocenters. The summed E-state index contributed by atoms with van der Waals surface area (Å²) >= 11 is -1.07. The number of rotatable bonds is 7. The molecular weight excluding hydrogens is 430 g/mol. The molecule has 32 heavy (non-hydrogen) atoms. The molecule has 1 fully saturated rings. The fourth-order valence-electron chi connectivity index (χ4n) is 4.21. The number of carbonyl (C=O) groups excluding carboxylic acids is 1. The summed E-state index contributed by atoms with van der Waals surface area (Å²) in [4.78, 5) is 17.2. The van der Waals surface area contributed by atoms with E-state index in [9.17, 15) is 14.5 Å². The maximum absolute atomic E-state index is 12.2. The Labute approximate surface area is 191 Å². The van der Waals surface area contributed by atoms with Crippen LogP contribution < -0.4 is 15.2 Å². The van der Waals surface area contributed by atoms with Gasteiger partial charge in [0.2, 0.25) is 5.91 Å². The molecular formula is C23H29N3O5S. The third-order valence-electron chi connectivity index (χ3n) is 5.97. The summed E-state index contributed by atoms with van der Waals surface area (Å²) in [5.41, 5.74) is 6.52. The van der Waals surface area contributed by atoms with E-state index in [0.29, 0.717) is 55.7 Å². The van der Waals surface area contributed by atoms with Crippen LogP contribution in [0.4, 0.5) is 0 Å². The third kappa shape index (κ3) is 5.19. The Morgan fingerprint density at radius 2 is 1.81 bits per heavy atom. The highest BCUT2D eigenvalue weighted by Gasteiger charge is 2.32. The predicted molar refractivity (Wildman–Crippen MR) is 121 cm³/mol. The zero-order valence-corrected chi connectivity index (χ0v) is 18.9. The quantitative estimate of drug-likeness (QED) is 0.588. The number of nitrogens with two attached hydrogens (primary N) is 1. The summed E-state index contributed by atoms with van der Waals surface area (Å²) in [6.45, 7) is 3.45. The molecule has 3 N–H and O–H groups in total. The maximum Gasteiger partial charge on any atom is 0.239 e. The second kappa shape index (κ2) is 10.1. The van der Waals surface area contributed by atoms with Gasteiger partial charge >= 0.3 is 0 Å². The SMILES string of the molecule is C[S+]([O-])c1ccc(C(C(N)=O)N2CCN(CC(O)C3COc4ccccc4O3)CC2)cc1. The van der Waals surface area contributed by atoms with E-state index >= 15 is 0 Å². The first-order valence-electron chi connectivity index (χ1n) is 10.7. The normalized spacial score (nSPS) is 22.2. The maximum atomic E-state index is 12.2. The second-order valence-electron chi connectivity index (χ2n) is 8.15. The Kier molecular flexibility index (Phi) is 7.22. The second-order valence-corrected chi connectivity index (χ2v) is 9.53. The molecule has 0 bridgehead atoms. The van der Waals surface area contributed by atoms with Gasteiger partial charge < -0.3 is 24.9 Å². The Bertz CT molecular complexity index is 918. The van der Waals surface area contributed by atoms with E-state index in [1.165, 1.54) is 0 Å². The van der Waals surface area contributed by atoms with Crippen LogP contribution in [0.25, 0.3) is 0 Å². The lowest BCUT2D eigenvalue weighted by Crippen LogP contribution is -2.54. The van der Waals surface area contributed by atoms with Crippen molar-refractivity contribution in [2.24, 2.45) is 5.73 Å². The molecule has 8 nitrogen and oxygen atoms in total. The molecule has 0 radical (unpaired) electrons. The summed E-state index contributed by atoms with van der Waals surface area (Å²) in [6, 6.07) is 14.1. The number of amides is 1. The van der Waals surface area contributed by atoms with Gasteiger partial charge in [-0.3, -0.25) is 14.6 Å². The van der Waals surface area contributed by atoms with Crippen molar-refractivity contribution in [3.63, 3.8) is 0 Å². The Morgan fingerprint density at radius 3 is 2.44 bits per heavy atom. The number of nitrogens with zero attached hydrogens (tertiary/aromatic N) is 2. The Hall–Kier alpha value is -2.30. The van der Waals surface area contributed by atoms with Crippen molar-refractivity contribution in [2.75, 3.05) is 45.6 Å². The Balaban J connectivity index is 1.32. The van der Waals surface area contributed by atoms with E-state index < -0.39 is 35.3 Å². The topological polar surface area (TPSA) is 111 Å². The Morgan fingerprint density at radius 1 is 1.16 bits per heavy atom. The van der Waals surface area contributed by atoms with Crippen LogP contribution in [-0.2, 0) is 16.0 Å². The van der Waals surface area contributed by atoms with Gasteiger partial charge in [0.05, 0.1) is 0 Å². The molecule has 1 amide bonds. The number of primary amides is 1. The van der Waals surface area contributed by atoms with Crippen LogP contribution in [0.1, 0.15) is 11.6 Å². The van der Waals surface area contributed by atoms with E-state index in [1.807, 2.05) is 36.4 Å². The molecule has 0 spiro atoms. The minimum absolute atomic E-state index is 0.306. The summed E-state index contributed by atoms with van der Waals surface area (Å²) in [7, 11) is 0. The largest absolute Gasteiger partial charge is 0.612 e. The van der Waals surface area contributed by atoms with Crippen LogP contribution in [0.15, 0.2) is 53.4 Å². The summed E-state index contributed by atoms with van der Waals surface area (Å²) in [6.07, 6.45) is 0.505. The number of piperazine rings is 1.